The van der Waals surface area contributed by atoms with Gasteiger partial charge in [-0.15, -0.1) is 0 Å². The summed E-state index contributed by atoms with van der Waals surface area (Å²) >= 11 is 0. The number of hydrogen-bond donors (Lipinski definition) is 2. The molecule has 1 aromatic rings. The van der Waals surface area contributed by atoms with E-state index in [0.29, 0.717) is 24.7 Å². The molecule has 2 N–H and O–H groups in total. The summed E-state index contributed by atoms with van der Waals surface area (Å²) in [6.07, 6.45) is 1.44. The average molecular weight is 265 g/mol. The van der Waals surface area contributed by atoms with Crippen molar-refractivity contribution < 1.29 is 14.3 Å². The average Bonchev–Trinajstić information content (AvgIpc) is 2.88. The second-order valence-electron chi connectivity index (χ2n) is 4.78. The van der Waals surface area contributed by atoms with Crippen LogP contribution >= 0.6 is 0 Å². The lowest BCUT2D eigenvalue weighted by Gasteiger charge is -2.30. The number of aromatic nitrogens is 1. The predicted octanol–water partition coefficient (Wildman–Crippen LogP) is 0.512. The fraction of sp³-hybridized carbons (Fsp3) is 0.538. The molecule has 0 bridgehead atoms. The minimum absolute atomic E-state index is 0.200. The number of hydrogen-bond acceptors (Lipinski definition) is 4. The third-order valence-electron chi connectivity index (χ3n) is 3.36. The number of likely N-dealkylation sites (N-methyl/N-ethyl adjacent to an activating group) is 1. The van der Waals surface area contributed by atoms with Gasteiger partial charge in [-0.25, -0.2) is 4.79 Å². The van der Waals surface area contributed by atoms with Crippen LogP contribution in [-0.2, 0) is 16.1 Å². The van der Waals surface area contributed by atoms with Crippen molar-refractivity contribution in [1.29, 1.82) is 0 Å². The lowest BCUT2D eigenvalue weighted by molar-refractivity contribution is -0.132. The minimum Gasteiger partial charge on any atom is -0.464 e. The van der Waals surface area contributed by atoms with Crippen LogP contribution in [0.1, 0.15) is 29.0 Å². The van der Waals surface area contributed by atoms with Gasteiger partial charge in [-0.2, -0.15) is 0 Å². The molecule has 1 fully saturated rings. The number of likely N-dealkylation sites (tertiary alicyclic amines) is 1. The highest BCUT2D eigenvalue weighted by atomic mass is 16.5. The summed E-state index contributed by atoms with van der Waals surface area (Å²) in [5.41, 5.74) is 1.38. The monoisotopic (exact) mass is 265 g/mol. The Morgan fingerprint density at radius 3 is 3.05 bits per heavy atom. The first-order valence-corrected chi connectivity index (χ1v) is 6.33. The summed E-state index contributed by atoms with van der Waals surface area (Å²) in [7, 11) is 3.18. The normalized spacial score (nSPS) is 19.6. The smallest absolute Gasteiger partial charge is 0.354 e. The topological polar surface area (TPSA) is 74.4 Å². The largest absolute Gasteiger partial charge is 0.464 e. The molecule has 0 aromatic carbocycles. The maximum absolute atomic E-state index is 11.4. The van der Waals surface area contributed by atoms with Crippen LogP contribution in [0.3, 0.4) is 0 Å². The van der Waals surface area contributed by atoms with Gasteiger partial charge in [-0.3, -0.25) is 4.79 Å². The lowest BCUT2D eigenvalue weighted by atomic mass is 10.1. The Hall–Kier alpha value is -1.82. The van der Waals surface area contributed by atoms with Crippen LogP contribution in [-0.4, -0.2) is 48.5 Å². The van der Waals surface area contributed by atoms with E-state index in [-0.39, 0.29) is 11.9 Å². The molecule has 1 aromatic heterocycles. The highest BCUT2D eigenvalue weighted by molar-refractivity contribution is 5.87. The summed E-state index contributed by atoms with van der Waals surface area (Å²) in [5, 5.41) is 3.38. The number of nitrogens with zero attached hydrogens (tertiary/aromatic N) is 1. The fourth-order valence-corrected chi connectivity index (χ4v) is 2.21. The van der Waals surface area contributed by atoms with E-state index >= 15 is 0 Å². The molecular weight excluding hydrogens is 246 g/mol. The lowest BCUT2D eigenvalue weighted by Crippen LogP contribution is -2.46. The molecule has 1 atom stereocenters. The molecule has 1 unspecified atom stereocenters. The zero-order valence-electron chi connectivity index (χ0n) is 11.2. The summed E-state index contributed by atoms with van der Waals surface area (Å²) in [6.45, 7) is 1.37. The van der Waals surface area contributed by atoms with Gasteiger partial charge in [0.15, 0.2) is 0 Å². The first kappa shape index (κ1) is 13.6. The number of methoxy groups -OCH3 is 1. The van der Waals surface area contributed by atoms with E-state index in [2.05, 4.69) is 15.0 Å². The standard InChI is InChI=1S/C13H19N3O3/c1-16-8-10(4-6-12(16)17)14-7-9-3-5-11(15-9)13(18)19-2/h3,5,10,14-15H,4,6-8H2,1-2H3. The van der Waals surface area contributed by atoms with Crippen molar-refractivity contribution in [2.75, 3.05) is 20.7 Å². The molecule has 1 aliphatic rings. The second-order valence-corrected chi connectivity index (χ2v) is 4.78. The van der Waals surface area contributed by atoms with E-state index in [1.807, 2.05) is 13.1 Å². The van der Waals surface area contributed by atoms with Gasteiger partial charge in [0, 0.05) is 38.3 Å². The number of piperidine rings is 1. The Balaban J connectivity index is 1.84. The van der Waals surface area contributed by atoms with E-state index in [1.54, 1.807) is 11.0 Å². The summed E-state index contributed by atoms with van der Waals surface area (Å²) in [5.74, 6) is -0.167. The predicted molar refractivity (Wildman–Crippen MR) is 69.6 cm³/mol. The molecule has 104 valence electrons. The molecule has 6 heteroatoms. The van der Waals surface area contributed by atoms with Crippen molar-refractivity contribution in [3.05, 3.63) is 23.5 Å². The van der Waals surface area contributed by atoms with Crippen LogP contribution in [0.2, 0.25) is 0 Å². The van der Waals surface area contributed by atoms with Gasteiger partial charge >= 0.3 is 5.97 Å². The minimum atomic E-state index is -0.366. The number of carbonyl (C=O) groups is 2. The van der Waals surface area contributed by atoms with Gasteiger partial charge in [0.2, 0.25) is 5.91 Å². The van der Waals surface area contributed by atoms with Crippen LogP contribution in [0.15, 0.2) is 12.1 Å². The molecule has 1 aliphatic heterocycles. The molecule has 1 saturated heterocycles. The van der Waals surface area contributed by atoms with E-state index in [9.17, 15) is 9.59 Å². The second kappa shape index (κ2) is 5.88. The SMILES string of the molecule is COC(=O)c1ccc(CNC2CCC(=O)N(C)C2)[nH]1. The van der Waals surface area contributed by atoms with E-state index in [4.69, 9.17) is 0 Å². The Bertz CT molecular complexity index is 469. The van der Waals surface area contributed by atoms with Crippen molar-refractivity contribution >= 4 is 11.9 Å². The highest BCUT2D eigenvalue weighted by Crippen LogP contribution is 2.10. The molecular formula is C13H19N3O3. The molecule has 0 saturated carbocycles. The number of nitrogens with one attached hydrogen (secondary N) is 2. The number of esters is 1. The highest BCUT2D eigenvalue weighted by Gasteiger charge is 2.22. The van der Waals surface area contributed by atoms with E-state index in [0.717, 1.165) is 18.7 Å². The van der Waals surface area contributed by atoms with Gasteiger partial charge in [0.25, 0.3) is 0 Å². The number of amides is 1. The molecule has 0 spiro atoms. The van der Waals surface area contributed by atoms with Crippen molar-refractivity contribution in [3.63, 3.8) is 0 Å². The van der Waals surface area contributed by atoms with Crippen molar-refractivity contribution in [2.24, 2.45) is 0 Å². The zero-order valence-corrected chi connectivity index (χ0v) is 11.2. The zero-order chi connectivity index (χ0) is 13.8. The molecule has 2 rings (SSSR count). The molecule has 6 nitrogen and oxygen atoms in total. The summed E-state index contributed by atoms with van der Waals surface area (Å²) in [6, 6.07) is 3.86. The number of rotatable bonds is 4. The Kier molecular flexibility index (Phi) is 4.21. The van der Waals surface area contributed by atoms with E-state index in [1.165, 1.54) is 7.11 Å². The van der Waals surface area contributed by atoms with Crippen LogP contribution in [0, 0.1) is 0 Å². The molecule has 1 amide bonds. The molecule has 19 heavy (non-hydrogen) atoms. The van der Waals surface area contributed by atoms with Gasteiger partial charge in [-0.05, 0) is 18.6 Å². The third kappa shape index (κ3) is 3.35. The quantitative estimate of drug-likeness (QED) is 0.778. The Morgan fingerprint density at radius 1 is 1.58 bits per heavy atom. The van der Waals surface area contributed by atoms with Gasteiger partial charge in [0.05, 0.1) is 7.11 Å². The van der Waals surface area contributed by atoms with Crippen molar-refractivity contribution in [1.82, 2.24) is 15.2 Å². The van der Waals surface area contributed by atoms with Gasteiger partial charge in [0.1, 0.15) is 5.69 Å². The Morgan fingerprint density at radius 2 is 2.37 bits per heavy atom. The molecule has 0 radical (unpaired) electrons. The third-order valence-corrected chi connectivity index (χ3v) is 3.36. The van der Waals surface area contributed by atoms with Gasteiger partial charge in [-0.1, -0.05) is 0 Å². The van der Waals surface area contributed by atoms with Crippen LogP contribution < -0.4 is 5.32 Å². The molecule has 2 heterocycles. The van der Waals surface area contributed by atoms with Crippen LogP contribution in [0.5, 0.6) is 0 Å². The number of aromatic amines is 1. The van der Waals surface area contributed by atoms with Crippen LogP contribution in [0.25, 0.3) is 0 Å². The maximum Gasteiger partial charge on any atom is 0.354 e. The number of H-pyrrole nitrogens is 1. The Labute approximate surface area is 112 Å². The number of carbonyl (C=O) groups excluding carboxylic acids is 2. The summed E-state index contributed by atoms with van der Waals surface area (Å²) < 4.78 is 4.64. The van der Waals surface area contributed by atoms with E-state index < -0.39 is 0 Å². The maximum atomic E-state index is 11.4. The fourth-order valence-electron chi connectivity index (χ4n) is 2.21. The number of ether oxygens (including phenoxy) is 1. The van der Waals surface area contributed by atoms with Crippen LogP contribution in [0.4, 0.5) is 0 Å². The van der Waals surface area contributed by atoms with Gasteiger partial charge < -0.3 is 19.9 Å². The first-order valence-electron chi connectivity index (χ1n) is 6.33. The molecule has 0 aliphatic carbocycles. The summed E-state index contributed by atoms with van der Waals surface area (Å²) in [4.78, 5) is 27.4. The van der Waals surface area contributed by atoms with Crippen molar-refractivity contribution in [2.45, 2.75) is 25.4 Å². The van der Waals surface area contributed by atoms with Crippen molar-refractivity contribution in [3.8, 4) is 0 Å². The first-order chi connectivity index (χ1) is 9.10.